The van der Waals surface area contributed by atoms with Crippen molar-refractivity contribution in [1.29, 1.82) is 0 Å². The number of hydrogen-bond donors (Lipinski definition) is 0. The van der Waals surface area contributed by atoms with Crippen LogP contribution in [0.25, 0.3) is 0 Å². The molecule has 0 rings (SSSR count). The maximum atomic E-state index is 13.3. The van der Waals surface area contributed by atoms with Gasteiger partial charge < -0.3 is 0 Å². The summed E-state index contributed by atoms with van der Waals surface area (Å²) in [6.45, 7) is 7.97. The van der Waals surface area contributed by atoms with Gasteiger partial charge >= 0.3 is 199 Å². The molecule has 0 aliphatic carbocycles. The first kappa shape index (κ1) is 31.6. The van der Waals surface area contributed by atoms with Crippen molar-refractivity contribution in [3.63, 3.8) is 0 Å². The first-order valence-corrected chi connectivity index (χ1v) is 14.1. The molecule has 0 radical (unpaired) electrons. The van der Waals surface area contributed by atoms with E-state index in [0.717, 1.165) is 0 Å². The SMILES string of the molecule is CCOCC(=O)C[C](=O)[Ti]([O]C(C)CC)([C](=O)CC(=O)COCC)[C](=O)CC(=O)COCC. The normalized spacial score (nSPS) is 12.3. The fourth-order valence-corrected chi connectivity index (χ4v) is 8.13. The summed E-state index contributed by atoms with van der Waals surface area (Å²) < 4.78 is 18.1. The van der Waals surface area contributed by atoms with Crippen LogP contribution >= 0.6 is 0 Å². The van der Waals surface area contributed by atoms with Crippen LogP contribution in [-0.2, 0) is 63.3 Å². The summed E-state index contributed by atoms with van der Waals surface area (Å²) in [6, 6.07) is 0. The van der Waals surface area contributed by atoms with Crippen LogP contribution < -0.4 is 0 Å². The van der Waals surface area contributed by atoms with E-state index in [9.17, 15) is 28.8 Å². The van der Waals surface area contributed by atoms with E-state index in [1.54, 1.807) is 34.6 Å². The average molecular weight is 508 g/mol. The van der Waals surface area contributed by atoms with Crippen LogP contribution in [0.2, 0.25) is 0 Å². The zero-order valence-corrected chi connectivity index (χ0v) is 21.8. The molecule has 1 atom stereocenters. The standard InChI is InChI=1S/3C6H9O3.C4H9O.Ti/c3*1-2-9-5-6(8)3-4-7;1-3-4(2)5;/h3*2-3,5H2,1H3;4H,3H2,1-2H3;/q;;;-1;+1. The Morgan fingerprint density at radius 1 is 0.606 bits per heavy atom. The van der Waals surface area contributed by atoms with Gasteiger partial charge in [0.1, 0.15) is 0 Å². The van der Waals surface area contributed by atoms with E-state index in [1.165, 1.54) is 0 Å². The molecule has 0 spiro atoms. The van der Waals surface area contributed by atoms with Crippen molar-refractivity contribution >= 4 is 29.6 Å². The minimum absolute atomic E-state index is 0.242. The van der Waals surface area contributed by atoms with Gasteiger partial charge in [0.15, 0.2) is 0 Å². The first-order chi connectivity index (χ1) is 15.6. The molecule has 0 aromatic rings. The number of carbonyl (C=O) groups is 6. The van der Waals surface area contributed by atoms with E-state index in [0.29, 0.717) is 6.42 Å². The van der Waals surface area contributed by atoms with Crippen molar-refractivity contribution in [3.8, 4) is 0 Å². The van der Waals surface area contributed by atoms with Gasteiger partial charge in [-0.3, -0.25) is 0 Å². The molecular weight excluding hydrogens is 472 g/mol. The van der Waals surface area contributed by atoms with Crippen molar-refractivity contribution in [1.82, 2.24) is 0 Å². The van der Waals surface area contributed by atoms with Gasteiger partial charge in [-0.25, -0.2) is 0 Å². The van der Waals surface area contributed by atoms with Crippen LogP contribution in [0.1, 0.15) is 60.3 Å². The minimum atomic E-state index is -5.43. The fourth-order valence-electron chi connectivity index (χ4n) is 2.76. The second-order valence-electron chi connectivity index (χ2n) is 7.35. The Kier molecular flexibility index (Phi) is 16.3. The predicted octanol–water partition coefficient (Wildman–Crippen LogP) is 1.44. The quantitative estimate of drug-likeness (QED) is 0.165. The van der Waals surface area contributed by atoms with Crippen LogP contribution in [0.4, 0.5) is 0 Å². The second-order valence-corrected chi connectivity index (χ2v) is 12.5. The molecule has 0 aromatic heterocycles. The van der Waals surface area contributed by atoms with Crippen LogP contribution in [0.15, 0.2) is 0 Å². The monoisotopic (exact) mass is 508 g/mol. The molecule has 0 amide bonds. The Morgan fingerprint density at radius 2 is 0.909 bits per heavy atom. The van der Waals surface area contributed by atoms with E-state index < -0.39 is 72.0 Å². The van der Waals surface area contributed by atoms with E-state index in [1.807, 2.05) is 0 Å². The summed E-state index contributed by atoms with van der Waals surface area (Å²) in [4.78, 5) is 76.6. The molecule has 0 aliphatic rings. The van der Waals surface area contributed by atoms with Gasteiger partial charge in [-0.1, -0.05) is 0 Å². The van der Waals surface area contributed by atoms with Crippen molar-refractivity contribution in [2.45, 2.75) is 66.4 Å². The third-order valence-electron chi connectivity index (χ3n) is 4.61. The number of rotatable bonds is 21. The van der Waals surface area contributed by atoms with Crippen LogP contribution in [0, 0.1) is 0 Å². The molecule has 11 heteroatoms. The Labute approximate surface area is 198 Å². The molecule has 0 bridgehead atoms. The van der Waals surface area contributed by atoms with E-state index in [-0.39, 0.29) is 39.6 Å². The Balaban J connectivity index is 6.17. The number of hydrogen-bond acceptors (Lipinski definition) is 10. The topological polar surface area (TPSA) is 139 Å². The van der Waals surface area contributed by atoms with Gasteiger partial charge in [0.25, 0.3) is 0 Å². The van der Waals surface area contributed by atoms with Crippen molar-refractivity contribution in [2.24, 2.45) is 0 Å². The van der Waals surface area contributed by atoms with E-state index >= 15 is 0 Å². The molecule has 0 aromatic carbocycles. The number of Topliss-reactive ketones (excluding diaryl/α,β-unsaturated/α-hetero) is 3. The molecule has 10 nitrogen and oxygen atoms in total. The molecule has 0 saturated carbocycles. The van der Waals surface area contributed by atoms with Crippen LogP contribution in [-0.4, -0.2) is 75.4 Å². The number of ether oxygens (including phenoxy) is 3. The first-order valence-electron chi connectivity index (χ1n) is 11.1. The average Bonchev–Trinajstić information content (AvgIpc) is 2.77. The van der Waals surface area contributed by atoms with Gasteiger partial charge in [-0.15, -0.1) is 0 Å². The molecule has 188 valence electrons. The summed E-state index contributed by atoms with van der Waals surface area (Å²) in [5, 5.41) is 0. The summed E-state index contributed by atoms with van der Waals surface area (Å²) in [6.07, 6.45) is -2.53. The second kappa shape index (κ2) is 17.1. The summed E-state index contributed by atoms with van der Waals surface area (Å²) in [5.41, 5.74) is 0. The Morgan fingerprint density at radius 3 is 1.15 bits per heavy atom. The van der Waals surface area contributed by atoms with Crippen molar-refractivity contribution < 1.29 is 63.3 Å². The van der Waals surface area contributed by atoms with E-state index in [2.05, 4.69) is 0 Å². The third kappa shape index (κ3) is 11.0. The van der Waals surface area contributed by atoms with Crippen molar-refractivity contribution in [3.05, 3.63) is 0 Å². The van der Waals surface area contributed by atoms with Crippen LogP contribution in [0.5, 0.6) is 0 Å². The number of ketones is 3. The summed E-state index contributed by atoms with van der Waals surface area (Å²) >= 11 is -5.43. The molecule has 0 N–H and O–H groups in total. The molecule has 0 fully saturated rings. The zero-order valence-electron chi connectivity index (χ0n) is 20.2. The predicted molar refractivity (Wildman–Crippen MR) is 114 cm³/mol. The van der Waals surface area contributed by atoms with Gasteiger partial charge in [0.05, 0.1) is 0 Å². The third-order valence-corrected chi connectivity index (χ3v) is 10.3. The number of carbonyl (C=O) groups excluding carboxylic acids is 6. The molecule has 33 heavy (non-hydrogen) atoms. The molecular formula is C22H36O10Ti. The molecule has 0 saturated heterocycles. The zero-order chi connectivity index (χ0) is 25.4. The Hall–Kier alpha value is -1.43. The molecule has 0 aliphatic heterocycles. The maximum absolute atomic E-state index is 13.3. The Bertz CT molecular complexity index is 620. The van der Waals surface area contributed by atoms with Gasteiger partial charge in [-0.2, -0.15) is 0 Å². The summed E-state index contributed by atoms with van der Waals surface area (Å²) in [5.74, 6) is -1.86. The molecule has 0 heterocycles. The van der Waals surface area contributed by atoms with Gasteiger partial charge in [-0.05, 0) is 0 Å². The van der Waals surface area contributed by atoms with Gasteiger partial charge in [0.2, 0.25) is 0 Å². The van der Waals surface area contributed by atoms with Crippen LogP contribution in [0.3, 0.4) is 0 Å². The summed E-state index contributed by atoms with van der Waals surface area (Å²) in [7, 11) is 0. The van der Waals surface area contributed by atoms with E-state index in [4.69, 9.17) is 17.5 Å². The van der Waals surface area contributed by atoms with Gasteiger partial charge in [0, 0.05) is 0 Å². The molecule has 1 unspecified atom stereocenters. The fraction of sp³-hybridized carbons (Fsp3) is 0.727. The van der Waals surface area contributed by atoms with Crippen molar-refractivity contribution in [2.75, 3.05) is 39.6 Å².